The van der Waals surface area contributed by atoms with E-state index in [4.69, 9.17) is 8.20 Å². The average Bonchev–Trinajstić information content (AvgIpc) is 3.08. The summed E-state index contributed by atoms with van der Waals surface area (Å²) in [7, 11) is -2.72. The lowest BCUT2D eigenvalue weighted by atomic mass is 10.4. The Labute approximate surface area is 247 Å². The fourth-order valence-corrected chi connectivity index (χ4v) is 10.9. The lowest BCUT2D eigenvalue weighted by Gasteiger charge is -2.44. The molecular weight excluding hydrogens is 539 g/mol. The van der Waals surface area contributed by atoms with E-state index in [0.29, 0.717) is 0 Å². The summed E-state index contributed by atoms with van der Waals surface area (Å²) >= 11 is 0. The van der Waals surface area contributed by atoms with E-state index in [9.17, 15) is 0 Å². The number of hydrogen-bond acceptors (Lipinski definition) is 2. The first kappa shape index (κ1) is 27.2. The quantitative estimate of drug-likeness (QED) is 0.153. The Balaban J connectivity index is 1.50. The highest BCUT2D eigenvalue weighted by Crippen LogP contribution is 2.71. The molecule has 1 radical (unpaired) electrons. The van der Waals surface area contributed by atoms with Gasteiger partial charge >= 0.3 is 7.69 Å². The second-order valence-corrected chi connectivity index (χ2v) is 14.7. The van der Waals surface area contributed by atoms with E-state index in [0.717, 1.165) is 29.4 Å². The Hall–Kier alpha value is -4.00. The molecule has 0 aromatic heterocycles. The average molecular weight is 570 g/mol. The molecule has 0 unspecified atom stereocenters. The fraction of sp³-hybridized carbons (Fsp3) is 0. The van der Waals surface area contributed by atoms with Crippen LogP contribution in [-0.4, -0.2) is 7.69 Å². The summed E-state index contributed by atoms with van der Waals surface area (Å²) in [5.74, 6) is 0. The molecule has 0 fully saturated rings. The van der Waals surface area contributed by atoms with Gasteiger partial charge < -0.3 is 8.20 Å². The van der Waals surface area contributed by atoms with Gasteiger partial charge in [-0.2, -0.15) is 0 Å². The number of benzene rings is 6. The predicted molar refractivity (Wildman–Crippen MR) is 171 cm³/mol. The Bertz CT molecular complexity index is 1320. The van der Waals surface area contributed by atoms with Gasteiger partial charge in [-0.15, -0.1) is 0 Å². The molecule has 0 saturated carbocycles. The highest BCUT2D eigenvalue weighted by Gasteiger charge is 2.37. The van der Waals surface area contributed by atoms with Crippen molar-refractivity contribution in [1.82, 2.24) is 0 Å². The Kier molecular flexibility index (Phi) is 8.40. The van der Waals surface area contributed by atoms with E-state index >= 15 is 0 Å². The maximum Gasteiger partial charge on any atom is 0.511 e. The van der Waals surface area contributed by atoms with E-state index in [1.54, 1.807) is 7.69 Å². The Morgan fingerprint density at radius 1 is 0.268 bits per heavy atom. The van der Waals surface area contributed by atoms with E-state index in [1.807, 2.05) is 36.4 Å². The van der Waals surface area contributed by atoms with Gasteiger partial charge in [0.15, 0.2) is 0 Å². The lowest BCUT2D eigenvalue weighted by Crippen LogP contribution is -2.17. The molecule has 2 nitrogen and oxygen atoms in total. The van der Waals surface area contributed by atoms with Crippen molar-refractivity contribution in [2.75, 3.05) is 0 Å². The third kappa shape index (κ3) is 5.38. The molecule has 6 aromatic rings. The summed E-state index contributed by atoms with van der Waals surface area (Å²) < 4.78 is 14.1. The smallest absolute Gasteiger partial charge is 0.351 e. The van der Waals surface area contributed by atoms with Gasteiger partial charge in [0.25, 0.3) is 0 Å². The van der Waals surface area contributed by atoms with E-state index < -0.39 is 20.6 Å². The molecule has 0 aliphatic heterocycles. The normalized spacial score (nSPS) is 12.4. The molecule has 0 aliphatic rings. The summed E-state index contributed by atoms with van der Waals surface area (Å²) in [4.78, 5) is 6.57. The van der Waals surface area contributed by atoms with Crippen molar-refractivity contribution in [2.45, 2.75) is 29.4 Å². The molecule has 0 saturated heterocycles. The number of rotatable bonds is 10. The third-order valence-corrected chi connectivity index (χ3v) is 13.2. The van der Waals surface area contributed by atoms with Crippen LogP contribution in [-0.2, 0) is 8.20 Å². The first-order valence-corrected chi connectivity index (χ1v) is 16.6. The molecule has 0 aliphatic carbocycles. The molecule has 6 rings (SSSR count). The Morgan fingerprint density at radius 3 is 0.610 bits per heavy atom. The maximum absolute atomic E-state index is 7.06. The summed E-state index contributed by atoms with van der Waals surface area (Å²) in [5.41, 5.74) is 0. The molecule has 0 bridgehead atoms. The number of hydrogen-bond donors (Lipinski definition) is 0. The van der Waals surface area contributed by atoms with E-state index in [2.05, 4.69) is 146 Å². The van der Waals surface area contributed by atoms with Gasteiger partial charge in [0.1, 0.15) is 0 Å². The van der Waals surface area contributed by atoms with Crippen molar-refractivity contribution in [3.05, 3.63) is 182 Å². The predicted octanol–water partition coefficient (Wildman–Crippen LogP) is 10.3. The minimum atomic E-state index is -2.17. The van der Waals surface area contributed by atoms with Crippen molar-refractivity contribution >= 4 is 28.3 Å². The molecule has 41 heavy (non-hydrogen) atoms. The van der Waals surface area contributed by atoms with Crippen LogP contribution < -0.4 is 0 Å². The van der Waals surface area contributed by atoms with Crippen LogP contribution in [0.5, 0.6) is 0 Å². The molecule has 0 atom stereocenters. The first-order valence-electron chi connectivity index (χ1n) is 13.5. The van der Waals surface area contributed by atoms with Crippen LogP contribution in [0.4, 0.5) is 0 Å². The highest BCUT2D eigenvalue weighted by molar-refractivity contribution is 8.31. The monoisotopic (exact) mass is 569 g/mol. The zero-order valence-electron chi connectivity index (χ0n) is 22.5. The second kappa shape index (κ2) is 12.7. The summed E-state index contributed by atoms with van der Waals surface area (Å²) in [6.45, 7) is 0. The van der Waals surface area contributed by atoms with Crippen LogP contribution in [0.25, 0.3) is 0 Å². The fourth-order valence-electron chi connectivity index (χ4n) is 4.96. The topological polar surface area (TPSA) is 18.5 Å². The largest absolute Gasteiger partial charge is 0.511 e. The van der Waals surface area contributed by atoms with Crippen LogP contribution in [0, 0.1) is 0 Å². The van der Waals surface area contributed by atoms with Gasteiger partial charge in [0.05, 0.1) is 0 Å². The third-order valence-electron chi connectivity index (χ3n) is 6.82. The van der Waals surface area contributed by atoms with Crippen LogP contribution in [0.2, 0.25) is 0 Å². The minimum absolute atomic E-state index is 1.09. The van der Waals surface area contributed by atoms with E-state index in [-0.39, 0.29) is 0 Å². The van der Waals surface area contributed by atoms with Crippen molar-refractivity contribution in [2.24, 2.45) is 0 Å². The van der Waals surface area contributed by atoms with Crippen LogP contribution >= 0.6 is 20.6 Å². The highest BCUT2D eigenvalue weighted by atomic mass is 32.3. The van der Waals surface area contributed by atoms with Crippen LogP contribution in [0.1, 0.15) is 0 Å². The van der Waals surface area contributed by atoms with Crippen molar-refractivity contribution in [1.29, 1.82) is 0 Å². The summed E-state index contributed by atoms with van der Waals surface area (Å²) in [6, 6.07) is 62.9. The van der Waals surface area contributed by atoms with Crippen LogP contribution in [0.15, 0.2) is 211 Å². The molecule has 0 spiro atoms. The van der Waals surface area contributed by atoms with Gasteiger partial charge in [0, 0.05) is 29.4 Å². The SMILES string of the molecule is [B](OS(c1ccccc1)(c1ccccc1)c1ccccc1)OS(c1ccccc1)(c1ccccc1)c1ccccc1. The van der Waals surface area contributed by atoms with Gasteiger partial charge in [-0.3, -0.25) is 0 Å². The lowest BCUT2D eigenvalue weighted by molar-refractivity contribution is 0.514. The molecule has 6 aromatic carbocycles. The second-order valence-electron chi connectivity index (χ2n) is 9.28. The first-order chi connectivity index (χ1) is 20.3. The molecular formula is C36H30BO2S2. The van der Waals surface area contributed by atoms with Crippen molar-refractivity contribution < 1.29 is 8.20 Å². The molecule has 201 valence electrons. The van der Waals surface area contributed by atoms with E-state index in [1.165, 1.54) is 0 Å². The van der Waals surface area contributed by atoms with Crippen LogP contribution in [0.3, 0.4) is 0 Å². The molecule has 0 amide bonds. The van der Waals surface area contributed by atoms with Crippen molar-refractivity contribution in [3.63, 3.8) is 0 Å². The Morgan fingerprint density at radius 2 is 0.439 bits per heavy atom. The maximum atomic E-state index is 7.06. The molecule has 0 N–H and O–H groups in total. The molecule has 5 heteroatoms. The standard InChI is InChI=1S/C36H30BO2S2/c1-7-19-31(20-8-1)40(32-21-9-2-10-22-32,33-23-11-3-12-24-33)38-37-39-41(34-25-13-4-14-26-34,35-27-15-5-16-28-35)36-29-17-6-18-30-36/h1-30H. The summed E-state index contributed by atoms with van der Waals surface area (Å²) in [5, 5.41) is 0. The van der Waals surface area contributed by atoms with Gasteiger partial charge in [0.2, 0.25) is 0 Å². The zero-order valence-corrected chi connectivity index (χ0v) is 24.2. The van der Waals surface area contributed by atoms with Crippen molar-refractivity contribution in [3.8, 4) is 0 Å². The van der Waals surface area contributed by atoms with Gasteiger partial charge in [-0.1, -0.05) is 130 Å². The van der Waals surface area contributed by atoms with Gasteiger partial charge in [-0.25, -0.2) is 0 Å². The summed E-state index contributed by atoms with van der Waals surface area (Å²) in [6.07, 6.45) is 0. The van der Waals surface area contributed by atoms with Gasteiger partial charge in [-0.05, 0) is 72.8 Å². The molecule has 0 heterocycles. The minimum Gasteiger partial charge on any atom is -0.351 e. The zero-order chi connectivity index (χ0) is 27.8.